The summed E-state index contributed by atoms with van der Waals surface area (Å²) in [6.07, 6.45) is 12.1. The Labute approximate surface area is 161 Å². The average Bonchev–Trinajstić information content (AvgIpc) is 3.43. The zero-order valence-electron chi connectivity index (χ0n) is 15.0. The summed E-state index contributed by atoms with van der Waals surface area (Å²) in [5.41, 5.74) is 4.12. The summed E-state index contributed by atoms with van der Waals surface area (Å²) in [4.78, 5) is 11.1. The van der Waals surface area contributed by atoms with E-state index in [0.29, 0.717) is 18.2 Å². The van der Waals surface area contributed by atoms with E-state index >= 15 is 0 Å². The van der Waals surface area contributed by atoms with Crippen molar-refractivity contribution in [2.24, 2.45) is 0 Å². The molecule has 0 unspecified atom stereocenters. The highest BCUT2D eigenvalue weighted by Gasteiger charge is 2.09. The monoisotopic (exact) mass is 370 g/mol. The Morgan fingerprint density at radius 3 is 2.64 bits per heavy atom. The van der Waals surface area contributed by atoms with E-state index in [1.807, 2.05) is 36.4 Å². The first-order valence-corrected chi connectivity index (χ1v) is 8.71. The molecule has 3 aromatic heterocycles. The van der Waals surface area contributed by atoms with E-state index in [9.17, 15) is 0 Å². The number of hydrogen-bond donors (Lipinski definition) is 3. The number of hydrogen-bond acceptors (Lipinski definition) is 5. The van der Waals surface area contributed by atoms with Crippen LogP contribution in [0.1, 0.15) is 17.0 Å². The number of pyridine rings is 1. The average molecular weight is 370 g/mol. The lowest BCUT2D eigenvalue weighted by atomic mass is 10.1. The van der Waals surface area contributed by atoms with Gasteiger partial charge in [0.1, 0.15) is 12.4 Å². The molecule has 0 saturated carbocycles. The number of H-pyrrole nitrogens is 2. The summed E-state index contributed by atoms with van der Waals surface area (Å²) in [5.74, 6) is 1.34. The van der Waals surface area contributed by atoms with Gasteiger partial charge < -0.3 is 15.1 Å². The first-order valence-electron chi connectivity index (χ1n) is 8.71. The van der Waals surface area contributed by atoms with Crippen LogP contribution in [0.4, 0.5) is 0 Å². The van der Waals surface area contributed by atoms with Gasteiger partial charge in [-0.25, -0.2) is 10.1 Å². The maximum atomic E-state index is 8.16. The van der Waals surface area contributed by atoms with Crippen LogP contribution in [-0.4, -0.2) is 30.9 Å². The van der Waals surface area contributed by atoms with Crippen molar-refractivity contribution in [3.05, 3.63) is 90.4 Å². The zero-order chi connectivity index (χ0) is 19.2. The largest absolute Gasteiger partial charge is 0.473 e. The highest BCUT2D eigenvalue weighted by Crippen LogP contribution is 2.27. The Hall–Kier alpha value is -4.00. The highest BCUT2D eigenvalue weighted by molar-refractivity contribution is 6.08. The van der Waals surface area contributed by atoms with Crippen molar-refractivity contribution in [1.29, 1.82) is 5.41 Å². The molecule has 3 heterocycles. The minimum atomic E-state index is 0.399. The maximum absolute atomic E-state index is 8.16. The van der Waals surface area contributed by atoms with Crippen molar-refractivity contribution in [3.8, 4) is 17.0 Å². The fourth-order valence-electron chi connectivity index (χ4n) is 2.68. The number of nitrogens with one attached hydrogen (secondary N) is 3. The Kier molecular flexibility index (Phi) is 5.06. The van der Waals surface area contributed by atoms with E-state index in [1.165, 1.54) is 0 Å². The summed E-state index contributed by atoms with van der Waals surface area (Å²) in [7, 11) is 0. The zero-order valence-corrected chi connectivity index (χ0v) is 15.0. The van der Waals surface area contributed by atoms with Crippen LogP contribution in [0.2, 0.25) is 0 Å². The molecule has 138 valence electrons. The predicted octanol–water partition coefficient (Wildman–Crippen LogP) is 3.86. The third-order valence-electron chi connectivity index (χ3n) is 4.17. The molecular formula is C21H18N6O. The molecule has 0 aliphatic carbocycles. The summed E-state index contributed by atoms with van der Waals surface area (Å²) in [6.45, 7) is 0.399. The van der Waals surface area contributed by atoms with E-state index in [1.54, 1.807) is 43.1 Å². The minimum Gasteiger partial charge on any atom is -0.473 e. The van der Waals surface area contributed by atoms with Gasteiger partial charge in [-0.15, -0.1) is 0 Å². The Balaban J connectivity index is 1.39. The van der Waals surface area contributed by atoms with E-state index in [2.05, 4.69) is 25.1 Å². The van der Waals surface area contributed by atoms with Gasteiger partial charge in [-0.05, 0) is 41.0 Å². The fraction of sp³-hybridized carbons (Fsp3) is 0.0476. The number of aromatic amines is 2. The van der Waals surface area contributed by atoms with Crippen molar-refractivity contribution >= 4 is 11.8 Å². The van der Waals surface area contributed by atoms with Gasteiger partial charge in [0, 0.05) is 24.8 Å². The lowest BCUT2D eigenvalue weighted by Crippen LogP contribution is -1.99. The molecule has 0 aliphatic rings. The Morgan fingerprint density at radius 2 is 1.89 bits per heavy atom. The minimum absolute atomic E-state index is 0.399. The van der Waals surface area contributed by atoms with Gasteiger partial charge in [0.2, 0.25) is 5.88 Å². The second kappa shape index (κ2) is 8.13. The number of aromatic nitrogens is 5. The smallest absolute Gasteiger partial charge is 0.217 e. The molecule has 0 amide bonds. The van der Waals surface area contributed by atoms with Crippen LogP contribution in [0.25, 0.3) is 17.2 Å². The second-order valence-corrected chi connectivity index (χ2v) is 6.06. The standard InChI is InChI=1S/C21H18N6O/c22-19(5-6-20-24-11-12-25-20)17-3-1-15(2-4-17)14-28-21-18(13-26-27-21)16-7-9-23-10-8-16/h1-13,22H,14H2,(H,24,25)(H,26,27)/b6-5-,22-19?. The summed E-state index contributed by atoms with van der Waals surface area (Å²) in [6, 6.07) is 11.5. The number of allylic oxidation sites excluding steroid dienone is 1. The molecule has 1 aromatic carbocycles. The SMILES string of the molecule is N=C(/C=C\c1ncc[nH]1)c1ccc(COc2[nH]ncc2-c2ccncc2)cc1. The second-order valence-electron chi connectivity index (χ2n) is 6.06. The number of ether oxygens (including phenoxy) is 1. The van der Waals surface area contributed by atoms with E-state index in [0.717, 1.165) is 28.1 Å². The van der Waals surface area contributed by atoms with E-state index < -0.39 is 0 Å². The van der Waals surface area contributed by atoms with Crippen molar-refractivity contribution in [2.45, 2.75) is 6.61 Å². The summed E-state index contributed by atoms with van der Waals surface area (Å²) in [5, 5.41) is 15.1. The molecule has 4 rings (SSSR count). The van der Waals surface area contributed by atoms with Crippen LogP contribution < -0.4 is 4.74 Å². The third-order valence-corrected chi connectivity index (χ3v) is 4.17. The predicted molar refractivity (Wildman–Crippen MR) is 107 cm³/mol. The first-order chi connectivity index (χ1) is 13.8. The molecule has 0 radical (unpaired) electrons. The number of imidazole rings is 1. The van der Waals surface area contributed by atoms with Gasteiger partial charge in [0.15, 0.2) is 0 Å². The van der Waals surface area contributed by atoms with Crippen molar-refractivity contribution in [3.63, 3.8) is 0 Å². The van der Waals surface area contributed by atoms with Crippen molar-refractivity contribution in [1.82, 2.24) is 25.1 Å². The van der Waals surface area contributed by atoms with Crippen molar-refractivity contribution < 1.29 is 4.74 Å². The van der Waals surface area contributed by atoms with Crippen LogP contribution in [0.15, 0.2) is 73.5 Å². The van der Waals surface area contributed by atoms with Gasteiger partial charge >= 0.3 is 0 Å². The van der Waals surface area contributed by atoms with Crippen LogP contribution in [0.5, 0.6) is 5.88 Å². The Morgan fingerprint density at radius 1 is 1.07 bits per heavy atom. The molecule has 28 heavy (non-hydrogen) atoms. The molecular weight excluding hydrogens is 352 g/mol. The third kappa shape index (κ3) is 4.04. The number of nitrogens with zero attached hydrogens (tertiary/aromatic N) is 3. The van der Waals surface area contributed by atoms with Gasteiger partial charge in [-0.2, -0.15) is 5.10 Å². The maximum Gasteiger partial charge on any atom is 0.217 e. The molecule has 7 nitrogen and oxygen atoms in total. The van der Waals surface area contributed by atoms with Gasteiger partial charge in [-0.3, -0.25) is 4.98 Å². The van der Waals surface area contributed by atoms with Crippen LogP contribution in [0, 0.1) is 5.41 Å². The topological polar surface area (TPSA) is 103 Å². The molecule has 0 atom stereocenters. The molecule has 0 aliphatic heterocycles. The van der Waals surface area contributed by atoms with Gasteiger partial charge in [-0.1, -0.05) is 24.3 Å². The van der Waals surface area contributed by atoms with Gasteiger partial charge in [0.25, 0.3) is 0 Å². The molecule has 7 heteroatoms. The fourth-order valence-corrected chi connectivity index (χ4v) is 2.68. The molecule has 4 aromatic rings. The summed E-state index contributed by atoms with van der Waals surface area (Å²) >= 11 is 0. The van der Waals surface area contributed by atoms with Crippen LogP contribution >= 0.6 is 0 Å². The molecule has 0 bridgehead atoms. The Bertz CT molecular complexity index is 1070. The summed E-state index contributed by atoms with van der Waals surface area (Å²) < 4.78 is 5.90. The van der Waals surface area contributed by atoms with Crippen LogP contribution in [-0.2, 0) is 6.61 Å². The van der Waals surface area contributed by atoms with Crippen LogP contribution in [0.3, 0.4) is 0 Å². The number of rotatable bonds is 7. The normalized spacial score (nSPS) is 11.0. The molecule has 0 saturated heterocycles. The quantitative estimate of drug-likeness (QED) is 0.430. The van der Waals surface area contributed by atoms with Gasteiger partial charge in [0.05, 0.1) is 17.5 Å². The highest BCUT2D eigenvalue weighted by atomic mass is 16.5. The van der Waals surface area contributed by atoms with E-state index in [4.69, 9.17) is 10.1 Å². The molecule has 0 spiro atoms. The molecule has 0 fully saturated rings. The number of benzene rings is 1. The van der Waals surface area contributed by atoms with Crippen molar-refractivity contribution in [2.75, 3.05) is 0 Å². The van der Waals surface area contributed by atoms with E-state index in [-0.39, 0.29) is 0 Å². The first kappa shape index (κ1) is 17.4. The molecule has 3 N–H and O–H groups in total. The lowest BCUT2D eigenvalue weighted by molar-refractivity contribution is 0.294. The lowest BCUT2D eigenvalue weighted by Gasteiger charge is -2.07.